The van der Waals surface area contributed by atoms with Crippen LogP contribution in [0.2, 0.25) is 0 Å². The number of alkyl halides is 3. The molecule has 0 heterocycles. The Morgan fingerprint density at radius 1 is 1.30 bits per heavy atom. The maximum atomic E-state index is 12.0. The molecule has 1 rings (SSSR count). The lowest BCUT2D eigenvalue weighted by atomic mass is 9.94. The van der Waals surface area contributed by atoms with Gasteiger partial charge in [-0.2, -0.15) is 0 Å². The van der Waals surface area contributed by atoms with Crippen LogP contribution in [0.5, 0.6) is 5.75 Å². The minimum absolute atomic E-state index is 0.00796. The molecule has 0 spiro atoms. The second-order valence-electron chi connectivity index (χ2n) is 4.73. The monoisotopic (exact) mass is 290 g/mol. The van der Waals surface area contributed by atoms with E-state index in [1.165, 1.54) is 24.3 Å². The molecule has 1 aromatic rings. The largest absolute Gasteiger partial charge is 0.573 e. The number of carbonyl (C=O) groups excluding carboxylic acids is 1. The Hall–Kier alpha value is -1.76. The summed E-state index contributed by atoms with van der Waals surface area (Å²) in [5, 5.41) is 0. The molecule has 20 heavy (non-hydrogen) atoms. The molecule has 7 heteroatoms. The van der Waals surface area contributed by atoms with Gasteiger partial charge in [-0.25, -0.2) is 0 Å². The lowest BCUT2D eigenvalue weighted by Crippen LogP contribution is -2.19. The van der Waals surface area contributed by atoms with Gasteiger partial charge in [0, 0.05) is 12.5 Å². The summed E-state index contributed by atoms with van der Waals surface area (Å²) in [6.45, 7) is 1.84. The second-order valence-corrected chi connectivity index (χ2v) is 4.73. The van der Waals surface area contributed by atoms with E-state index in [-0.39, 0.29) is 24.1 Å². The van der Waals surface area contributed by atoms with E-state index in [1.807, 2.05) is 6.92 Å². The fraction of sp³-hybridized carbons (Fsp3) is 0.462. The van der Waals surface area contributed by atoms with Gasteiger partial charge in [0.25, 0.3) is 0 Å². The Morgan fingerprint density at radius 2 is 1.85 bits per heavy atom. The van der Waals surface area contributed by atoms with Crippen molar-refractivity contribution in [1.82, 2.24) is 0 Å². The molecule has 0 fully saturated rings. The number of amides is 1. The Morgan fingerprint density at radius 3 is 2.30 bits per heavy atom. The van der Waals surface area contributed by atoms with Crippen molar-refractivity contribution < 1.29 is 22.7 Å². The van der Waals surface area contributed by atoms with Crippen molar-refractivity contribution >= 4 is 5.91 Å². The Bertz CT molecular complexity index is 446. The number of primary amides is 1. The molecule has 0 aliphatic rings. The van der Waals surface area contributed by atoms with E-state index >= 15 is 0 Å². The molecule has 1 aromatic carbocycles. The van der Waals surface area contributed by atoms with E-state index < -0.39 is 12.3 Å². The van der Waals surface area contributed by atoms with Crippen molar-refractivity contribution in [1.29, 1.82) is 0 Å². The normalized spacial score (nSPS) is 14.7. The number of carbonyl (C=O) groups is 1. The zero-order valence-corrected chi connectivity index (χ0v) is 11.0. The van der Waals surface area contributed by atoms with E-state index in [9.17, 15) is 18.0 Å². The number of ether oxygens (including phenoxy) is 1. The van der Waals surface area contributed by atoms with Gasteiger partial charge in [0.15, 0.2) is 0 Å². The van der Waals surface area contributed by atoms with Crippen molar-refractivity contribution in [2.24, 2.45) is 17.4 Å². The molecule has 4 nitrogen and oxygen atoms in total. The SMILES string of the molecule is CC(CC(N)=O)CC(N)c1ccc(OC(F)(F)F)cc1. The number of hydrogen-bond acceptors (Lipinski definition) is 3. The fourth-order valence-electron chi connectivity index (χ4n) is 1.91. The highest BCUT2D eigenvalue weighted by molar-refractivity contribution is 5.73. The smallest absolute Gasteiger partial charge is 0.406 e. The first kappa shape index (κ1) is 16.3. The summed E-state index contributed by atoms with van der Waals surface area (Å²) in [6.07, 6.45) is -3.97. The summed E-state index contributed by atoms with van der Waals surface area (Å²) < 4.78 is 39.8. The summed E-state index contributed by atoms with van der Waals surface area (Å²) in [5.41, 5.74) is 11.7. The first-order valence-corrected chi connectivity index (χ1v) is 6.07. The van der Waals surface area contributed by atoms with Crippen LogP contribution in [0.25, 0.3) is 0 Å². The van der Waals surface area contributed by atoms with Gasteiger partial charge in [-0.05, 0) is 30.0 Å². The van der Waals surface area contributed by atoms with E-state index in [0.29, 0.717) is 12.0 Å². The standard InChI is InChI=1S/C13H17F3N2O2/c1-8(7-12(18)19)6-11(17)9-2-4-10(5-3-9)20-13(14,15)16/h2-5,8,11H,6-7,17H2,1H3,(H2,18,19). The summed E-state index contributed by atoms with van der Waals surface area (Å²) in [7, 11) is 0. The van der Waals surface area contributed by atoms with Crippen LogP contribution >= 0.6 is 0 Å². The van der Waals surface area contributed by atoms with Crippen LogP contribution in [0.3, 0.4) is 0 Å². The third-order valence-corrected chi connectivity index (χ3v) is 2.75. The molecule has 0 radical (unpaired) electrons. The van der Waals surface area contributed by atoms with Gasteiger partial charge in [0.05, 0.1) is 0 Å². The van der Waals surface area contributed by atoms with Gasteiger partial charge < -0.3 is 16.2 Å². The minimum atomic E-state index is -4.71. The highest BCUT2D eigenvalue weighted by atomic mass is 19.4. The average Bonchev–Trinajstić information content (AvgIpc) is 2.26. The Labute approximate surface area is 114 Å². The molecule has 0 aliphatic carbocycles. The quantitative estimate of drug-likeness (QED) is 0.844. The number of halogens is 3. The van der Waals surface area contributed by atoms with E-state index in [2.05, 4.69) is 4.74 Å². The van der Waals surface area contributed by atoms with Crippen LogP contribution in [0.4, 0.5) is 13.2 Å². The molecule has 0 saturated heterocycles. The highest BCUT2D eigenvalue weighted by Gasteiger charge is 2.31. The number of benzene rings is 1. The first-order valence-electron chi connectivity index (χ1n) is 6.07. The predicted octanol–water partition coefficient (Wildman–Crippen LogP) is 2.49. The second kappa shape index (κ2) is 6.60. The molecule has 2 atom stereocenters. The summed E-state index contributed by atoms with van der Waals surface area (Å²) in [4.78, 5) is 10.8. The van der Waals surface area contributed by atoms with Crippen LogP contribution in [0.1, 0.15) is 31.4 Å². The van der Waals surface area contributed by atoms with Gasteiger partial charge in [0.2, 0.25) is 5.91 Å². The molecular formula is C13H17F3N2O2. The predicted molar refractivity (Wildman–Crippen MR) is 67.6 cm³/mol. The molecular weight excluding hydrogens is 273 g/mol. The molecule has 0 bridgehead atoms. The molecule has 4 N–H and O–H groups in total. The van der Waals surface area contributed by atoms with Crippen LogP contribution in [-0.4, -0.2) is 12.3 Å². The van der Waals surface area contributed by atoms with E-state index in [1.54, 1.807) is 0 Å². The molecule has 0 saturated carbocycles. The lowest BCUT2D eigenvalue weighted by molar-refractivity contribution is -0.274. The summed E-state index contributed by atoms with van der Waals surface area (Å²) in [6, 6.07) is 5.00. The third kappa shape index (κ3) is 5.92. The van der Waals surface area contributed by atoms with Crippen molar-refractivity contribution in [2.45, 2.75) is 32.2 Å². The van der Waals surface area contributed by atoms with Crippen LogP contribution in [0, 0.1) is 5.92 Å². The molecule has 112 valence electrons. The third-order valence-electron chi connectivity index (χ3n) is 2.75. The van der Waals surface area contributed by atoms with Gasteiger partial charge in [-0.3, -0.25) is 4.79 Å². The summed E-state index contributed by atoms with van der Waals surface area (Å²) >= 11 is 0. The lowest BCUT2D eigenvalue weighted by Gasteiger charge is -2.17. The van der Waals surface area contributed by atoms with Crippen LogP contribution < -0.4 is 16.2 Å². The van der Waals surface area contributed by atoms with Crippen molar-refractivity contribution in [3.05, 3.63) is 29.8 Å². The topological polar surface area (TPSA) is 78.3 Å². The van der Waals surface area contributed by atoms with Gasteiger partial charge in [0.1, 0.15) is 5.75 Å². The van der Waals surface area contributed by atoms with Crippen LogP contribution in [0.15, 0.2) is 24.3 Å². The molecule has 0 aliphatic heterocycles. The first-order chi connectivity index (χ1) is 9.17. The number of rotatable bonds is 6. The molecule has 2 unspecified atom stereocenters. The zero-order chi connectivity index (χ0) is 15.3. The minimum Gasteiger partial charge on any atom is -0.406 e. The maximum absolute atomic E-state index is 12.0. The molecule has 0 aromatic heterocycles. The van der Waals surface area contributed by atoms with Crippen LogP contribution in [-0.2, 0) is 4.79 Å². The maximum Gasteiger partial charge on any atom is 0.573 e. The van der Waals surface area contributed by atoms with Gasteiger partial charge in [-0.15, -0.1) is 13.2 Å². The number of nitrogens with two attached hydrogens (primary N) is 2. The van der Waals surface area contributed by atoms with Gasteiger partial charge >= 0.3 is 6.36 Å². The Balaban J connectivity index is 2.61. The highest BCUT2D eigenvalue weighted by Crippen LogP contribution is 2.26. The van der Waals surface area contributed by atoms with Crippen molar-refractivity contribution in [3.63, 3.8) is 0 Å². The molecule has 1 amide bonds. The fourth-order valence-corrected chi connectivity index (χ4v) is 1.91. The summed E-state index contributed by atoms with van der Waals surface area (Å²) in [5.74, 6) is -0.689. The zero-order valence-electron chi connectivity index (χ0n) is 11.0. The number of hydrogen-bond donors (Lipinski definition) is 2. The van der Waals surface area contributed by atoms with E-state index in [0.717, 1.165) is 0 Å². The van der Waals surface area contributed by atoms with E-state index in [4.69, 9.17) is 11.5 Å². The Kier molecular flexibility index (Phi) is 5.38. The average molecular weight is 290 g/mol. The van der Waals surface area contributed by atoms with Crippen molar-refractivity contribution in [3.8, 4) is 5.75 Å². The van der Waals surface area contributed by atoms with Crippen molar-refractivity contribution in [2.75, 3.05) is 0 Å². The van der Waals surface area contributed by atoms with Gasteiger partial charge in [-0.1, -0.05) is 19.1 Å².